The molecule has 1 unspecified atom stereocenters. The number of alkyl halides is 1. The van der Waals surface area contributed by atoms with E-state index in [1.807, 2.05) is 4.68 Å². The van der Waals surface area contributed by atoms with Crippen LogP contribution >= 0.6 is 15.9 Å². The van der Waals surface area contributed by atoms with Gasteiger partial charge in [0.25, 0.3) is 0 Å². The molecule has 0 aromatic carbocycles. The van der Waals surface area contributed by atoms with Crippen molar-refractivity contribution in [2.75, 3.05) is 5.33 Å². The third-order valence-corrected chi connectivity index (χ3v) is 4.85. The summed E-state index contributed by atoms with van der Waals surface area (Å²) in [6.45, 7) is 6.67. The average molecular weight is 286 g/mol. The van der Waals surface area contributed by atoms with Crippen molar-refractivity contribution in [3.63, 3.8) is 0 Å². The van der Waals surface area contributed by atoms with Crippen molar-refractivity contribution in [2.24, 2.45) is 11.3 Å². The fourth-order valence-electron chi connectivity index (χ4n) is 2.27. The lowest BCUT2D eigenvalue weighted by atomic mass is 9.83. The number of rotatable bonds is 5. The minimum absolute atomic E-state index is 0.347. The first-order chi connectivity index (χ1) is 7.57. The van der Waals surface area contributed by atoms with Crippen LogP contribution < -0.4 is 0 Å². The molecule has 1 aliphatic rings. The Balaban J connectivity index is 2.15. The predicted molar refractivity (Wildman–Crippen MR) is 68.7 cm³/mol. The molecule has 0 aliphatic heterocycles. The van der Waals surface area contributed by atoms with Crippen LogP contribution in [0.4, 0.5) is 0 Å². The summed E-state index contributed by atoms with van der Waals surface area (Å²) >= 11 is 3.66. The monoisotopic (exact) mass is 285 g/mol. The SMILES string of the molecule is CC(C)n1ncnc1CC(C)(CBr)C1CC1. The van der Waals surface area contributed by atoms with Crippen molar-refractivity contribution in [1.82, 2.24) is 14.8 Å². The van der Waals surface area contributed by atoms with Crippen LogP contribution in [0.15, 0.2) is 6.33 Å². The Bertz CT molecular complexity index is 357. The summed E-state index contributed by atoms with van der Waals surface area (Å²) < 4.78 is 2.04. The number of nitrogens with zero attached hydrogens (tertiary/aromatic N) is 3. The quantitative estimate of drug-likeness (QED) is 0.778. The van der Waals surface area contributed by atoms with Gasteiger partial charge in [-0.05, 0) is 38.0 Å². The van der Waals surface area contributed by atoms with Crippen LogP contribution in [-0.4, -0.2) is 20.1 Å². The van der Waals surface area contributed by atoms with E-state index in [4.69, 9.17) is 0 Å². The van der Waals surface area contributed by atoms with Crippen LogP contribution in [0.2, 0.25) is 0 Å². The molecule has 1 fully saturated rings. The predicted octanol–water partition coefficient (Wildman–Crippen LogP) is 3.21. The van der Waals surface area contributed by atoms with E-state index in [0.29, 0.717) is 11.5 Å². The third-order valence-electron chi connectivity index (χ3n) is 3.57. The summed E-state index contributed by atoms with van der Waals surface area (Å²) in [5.74, 6) is 1.99. The van der Waals surface area contributed by atoms with E-state index < -0.39 is 0 Å². The molecule has 4 heteroatoms. The Morgan fingerprint density at radius 1 is 1.56 bits per heavy atom. The summed E-state index contributed by atoms with van der Waals surface area (Å²) in [7, 11) is 0. The average Bonchev–Trinajstić information content (AvgIpc) is 3.00. The molecule has 1 aliphatic carbocycles. The number of halogens is 1. The van der Waals surface area contributed by atoms with Crippen LogP contribution in [0.1, 0.15) is 45.5 Å². The highest BCUT2D eigenvalue weighted by atomic mass is 79.9. The molecule has 1 heterocycles. The number of aromatic nitrogens is 3. The van der Waals surface area contributed by atoms with Gasteiger partial charge < -0.3 is 0 Å². The molecule has 3 nitrogen and oxygen atoms in total. The van der Waals surface area contributed by atoms with Gasteiger partial charge in [-0.15, -0.1) is 0 Å². The largest absolute Gasteiger partial charge is 0.248 e. The Hall–Kier alpha value is -0.380. The van der Waals surface area contributed by atoms with Crippen molar-refractivity contribution < 1.29 is 0 Å². The van der Waals surface area contributed by atoms with Gasteiger partial charge in [-0.25, -0.2) is 9.67 Å². The van der Waals surface area contributed by atoms with Crippen molar-refractivity contribution in [2.45, 2.75) is 46.1 Å². The molecule has 0 bridgehead atoms. The van der Waals surface area contributed by atoms with Gasteiger partial charge in [0.05, 0.1) is 0 Å². The maximum Gasteiger partial charge on any atom is 0.138 e. The Morgan fingerprint density at radius 3 is 2.75 bits per heavy atom. The van der Waals surface area contributed by atoms with Crippen molar-refractivity contribution in [3.05, 3.63) is 12.2 Å². The van der Waals surface area contributed by atoms with E-state index in [2.05, 4.69) is 46.8 Å². The van der Waals surface area contributed by atoms with Crippen LogP contribution in [0.3, 0.4) is 0 Å². The maximum atomic E-state index is 4.41. The van der Waals surface area contributed by atoms with Gasteiger partial charge >= 0.3 is 0 Å². The summed E-state index contributed by atoms with van der Waals surface area (Å²) in [6.07, 6.45) is 5.45. The molecule has 0 N–H and O–H groups in total. The molecule has 0 saturated heterocycles. The topological polar surface area (TPSA) is 30.7 Å². The molecule has 0 amide bonds. The van der Waals surface area contributed by atoms with Gasteiger partial charge in [0.15, 0.2) is 0 Å². The van der Waals surface area contributed by atoms with Gasteiger partial charge in [-0.2, -0.15) is 5.10 Å². The normalized spacial score (nSPS) is 20.1. The fourth-order valence-corrected chi connectivity index (χ4v) is 2.93. The maximum absolute atomic E-state index is 4.41. The van der Waals surface area contributed by atoms with E-state index in [9.17, 15) is 0 Å². The van der Waals surface area contributed by atoms with Gasteiger partial charge in [0.2, 0.25) is 0 Å². The second kappa shape index (κ2) is 4.47. The minimum Gasteiger partial charge on any atom is -0.248 e. The molecule has 1 atom stereocenters. The standard InChI is InChI=1S/C12H20BrN3/c1-9(2)16-11(14-8-15-16)6-12(3,7-13)10-4-5-10/h8-10H,4-7H2,1-3H3. The molecule has 0 spiro atoms. The zero-order valence-corrected chi connectivity index (χ0v) is 11.9. The highest BCUT2D eigenvalue weighted by Crippen LogP contribution is 2.48. The van der Waals surface area contributed by atoms with Gasteiger partial charge in [-0.1, -0.05) is 22.9 Å². The summed E-state index contributed by atoms with van der Waals surface area (Å²) in [5, 5.41) is 5.36. The van der Waals surface area contributed by atoms with Crippen molar-refractivity contribution >= 4 is 15.9 Å². The van der Waals surface area contributed by atoms with E-state index in [0.717, 1.165) is 23.5 Å². The lowest BCUT2D eigenvalue weighted by Crippen LogP contribution is -2.26. The van der Waals surface area contributed by atoms with E-state index in [1.54, 1.807) is 6.33 Å². The molecule has 2 rings (SSSR count). The number of hydrogen-bond acceptors (Lipinski definition) is 2. The zero-order chi connectivity index (χ0) is 11.8. The van der Waals surface area contributed by atoms with Gasteiger partial charge in [0, 0.05) is 17.8 Å². The fraction of sp³-hybridized carbons (Fsp3) is 0.833. The lowest BCUT2D eigenvalue weighted by Gasteiger charge is -2.27. The van der Waals surface area contributed by atoms with Gasteiger partial charge in [-0.3, -0.25) is 0 Å². The molecule has 1 saturated carbocycles. The molecule has 0 radical (unpaired) electrons. The van der Waals surface area contributed by atoms with Crippen LogP contribution in [0, 0.1) is 11.3 Å². The summed E-state index contributed by atoms with van der Waals surface area (Å²) in [5.41, 5.74) is 0.347. The molecule has 1 aromatic rings. The number of hydrogen-bond donors (Lipinski definition) is 0. The minimum atomic E-state index is 0.347. The zero-order valence-electron chi connectivity index (χ0n) is 10.3. The van der Waals surface area contributed by atoms with Crippen molar-refractivity contribution in [1.29, 1.82) is 0 Å². The van der Waals surface area contributed by atoms with Crippen LogP contribution in [-0.2, 0) is 6.42 Å². The molecular formula is C12H20BrN3. The van der Waals surface area contributed by atoms with Crippen LogP contribution in [0.5, 0.6) is 0 Å². The second-order valence-electron chi connectivity index (χ2n) is 5.45. The van der Waals surface area contributed by atoms with E-state index in [-0.39, 0.29) is 0 Å². The molecule has 1 aromatic heterocycles. The third kappa shape index (κ3) is 2.31. The molecule has 16 heavy (non-hydrogen) atoms. The van der Waals surface area contributed by atoms with Gasteiger partial charge in [0.1, 0.15) is 12.2 Å². The Labute approximate surface area is 106 Å². The highest BCUT2D eigenvalue weighted by Gasteiger charge is 2.41. The first-order valence-electron chi connectivity index (χ1n) is 6.01. The molecule has 90 valence electrons. The Kier molecular flexibility index (Phi) is 3.38. The molecular weight excluding hydrogens is 266 g/mol. The summed E-state index contributed by atoms with van der Waals surface area (Å²) in [4.78, 5) is 4.41. The lowest BCUT2D eigenvalue weighted by molar-refractivity contribution is 0.301. The smallest absolute Gasteiger partial charge is 0.138 e. The summed E-state index contributed by atoms with van der Waals surface area (Å²) in [6, 6.07) is 0.399. The van der Waals surface area contributed by atoms with E-state index in [1.165, 1.54) is 12.8 Å². The van der Waals surface area contributed by atoms with E-state index >= 15 is 0 Å². The van der Waals surface area contributed by atoms with Crippen molar-refractivity contribution in [3.8, 4) is 0 Å². The first kappa shape index (κ1) is 12.1. The Morgan fingerprint density at radius 2 is 2.25 bits per heavy atom. The highest BCUT2D eigenvalue weighted by molar-refractivity contribution is 9.09. The van der Waals surface area contributed by atoms with Crippen LogP contribution in [0.25, 0.3) is 0 Å². The first-order valence-corrected chi connectivity index (χ1v) is 7.13. The second-order valence-corrected chi connectivity index (χ2v) is 6.01.